The number of sulfonamides is 1. The molecule has 1 saturated heterocycles. The number of methoxy groups -OCH3 is 1. The lowest BCUT2D eigenvalue weighted by molar-refractivity contribution is -0.111. The van der Waals surface area contributed by atoms with Crippen molar-refractivity contribution in [2.75, 3.05) is 25.5 Å². The Morgan fingerprint density at radius 1 is 1.03 bits per heavy atom. The number of amides is 1. The Labute approximate surface area is 172 Å². The van der Waals surface area contributed by atoms with Gasteiger partial charge in [0.25, 0.3) is 0 Å². The molecule has 0 aliphatic carbocycles. The molecule has 2 aromatic carbocycles. The molecule has 6 nitrogen and oxygen atoms in total. The van der Waals surface area contributed by atoms with E-state index in [2.05, 4.69) is 5.32 Å². The molecule has 0 aromatic heterocycles. The number of carbonyl (C=O) groups is 1. The van der Waals surface area contributed by atoms with Gasteiger partial charge in [-0.1, -0.05) is 31.0 Å². The third-order valence-corrected chi connectivity index (χ3v) is 6.76. The van der Waals surface area contributed by atoms with Crippen LogP contribution < -0.4 is 10.1 Å². The zero-order chi connectivity index (χ0) is 20.7. The number of rotatable bonds is 6. The highest BCUT2D eigenvalue weighted by Gasteiger charge is 2.24. The summed E-state index contributed by atoms with van der Waals surface area (Å²) in [5.41, 5.74) is 1.39. The van der Waals surface area contributed by atoms with Crippen LogP contribution in [0.15, 0.2) is 59.5 Å². The van der Waals surface area contributed by atoms with Crippen molar-refractivity contribution >= 4 is 27.7 Å². The molecule has 7 heteroatoms. The molecule has 154 valence electrons. The molecule has 0 spiro atoms. The van der Waals surface area contributed by atoms with Gasteiger partial charge >= 0.3 is 0 Å². The standard InChI is InChI=1S/C22H26N2O4S/c1-28-20-8-6-7-19(17-20)23-22(25)14-11-18-9-12-21(13-10-18)29(26,27)24-15-4-2-3-5-16-24/h6-14,17H,2-5,15-16H2,1H3,(H,23,25)/b14-11+. The number of carbonyl (C=O) groups excluding carboxylic acids is 1. The van der Waals surface area contributed by atoms with Gasteiger partial charge in [0, 0.05) is 30.9 Å². The van der Waals surface area contributed by atoms with E-state index in [0.717, 1.165) is 31.2 Å². The van der Waals surface area contributed by atoms with Crippen LogP contribution in [-0.4, -0.2) is 38.8 Å². The molecule has 29 heavy (non-hydrogen) atoms. The smallest absolute Gasteiger partial charge is 0.248 e. The number of nitrogens with one attached hydrogen (secondary N) is 1. The van der Waals surface area contributed by atoms with E-state index in [0.29, 0.717) is 24.5 Å². The van der Waals surface area contributed by atoms with E-state index in [4.69, 9.17) is 4.74 Å². The van der Waals surface area contributed by atoms with Gasteiger partial charge in [-0.25, -0.2) is 8.42 Å². The van der Waals surface area contributed by atoms with Crippen molar-refractivity contribution in [3.63, 3.8) is 0 Å². The van der Waals surface area contributed by atoms with E-state index in [1.54, 1.807) is 66.0 Å². The SMILES string of the molecule is COc1cccc(NC(=O)/C=C/c2ccc(S(=O)(=O)N3CCCCCC3)cc2)c1. The highest BCUT2D eigenvalue weighted by atomic mass is 32.2. The van der Waals surface area contributed by atoms with E-state index in [-0.39, 0.29) is 10.8 Å². The summed E-state index contributed by atoms with van der Waals surface area (Å²) >= 11 is 0. The van der Waals surface area contributed by atoms with Gasteiger partial charge < -0.3 is 10.1 Å². The first-order chi connectivity index (χ1) is 14.0. The van der Waals surface area contributed by atoms with Crippen LogP contribution in [0.1, 0.15) is 31.2 Å². The van der Waals surface area contributed by atoms with Gasteiger partial charge in [0.05, 0.1) is 12.0 Å². The molecule has 1 fully saturated rings. The quantitative estimate of drug-likeness (QED) is 0.727. The molecule has 0 bridgehead atoms. The number of anilines is 1. The summed E-state index contributed by atoms with van der Waals surface area (Å²) in [5.74, 6) is 0.382. The van der Waals surface area contributed by atoms with Crippen LogP contribution in [0, 0.1) is 0 Å². The molecule has 2 aromatic rings. The predicted molar refractivity (Wildman–Crippen MR) is 114 cm³/mol. The van der Waals surface area contributed by atoms with E-state index >= 15 is 0 Å². The van der Waals surface area contributed by atoms with Gasteiger partial charge in [0.2, 0.25) is 15.9 Å². The first kappa shape index (κ1) is 21.1. The summed E-state index contributed by atoms with van der Waals surface area (Å²) in [6.45, 7) is 1.16. The summed E-state index contributed by atoms with van der Waals surface area (Å²) in [6, 6.07) is 13.7. The maximum Gasteiger partial charge on any atom is 0.248 e. The fourth-order valence-electron chi connectivity index (χ4n) is 3.24. The van der Waals surface area contributed by atoms with Crippen LogP contribution in [0.2, 0.25) is 0 Å². The van der Waals surface area contributed by atoms with Crippen molar-refractivity contribution in [3.8, 4) is 5.75 Å². The predicted octanol–water partition coefficient (Wildman–Crippen LogP) is 3.91. The van der Waals surface area contributed by atoms with Crippen molar-refractivity contribution < 1.29 is 17.9 Å². The molecular weight excluding hydrogens is 388 g/mol. The Morgan fingerprint density at radius 3 is 2.38 bits per heavy atom. The van der Waals surface area contributed by atoms with Crippen molar-refractivity contribution in [1.82, 2.24) is 4.31 Å². The molecule has 1 amide bonds. The van der Waals surface area contributed by atoms with Crippen LogP contribution in [-0.2, 0) is 14.8 Å². The first-order valence-electron chi connectivity index (χ1n) is 9.72. The molecule has 0 radical (unpaired) electrons. The molecule has 0 atom stereocenters. The Kier molecular flexibility index (Phi) is 7.06. The average molecular weight is 415 g/mol. The van der Waals surface area contributed by atoms with Crippen LogP contribution in [0.25, 0.3) is 6.08 Å². The number of benzene rings is 2. The van der Waals surface area contributed by atoms with E-state index in [1.165, 1.54) is 6.08 Å². The normalized spacial score (nSPS) is 15.8. The second-order valence-electron chi connectivity index (χ2n) is 6.94. The Bertz CT molecular complexity index is 961. The van der Waals surface area contributed by atoms with E-state index < -0.39 is 10.0 Å². The Balaban J connectivity index is 1.64. The zero-order valence-electron chi connectivity index (χ0n) is 16.5. The molecule has 3 rings (SSSR count). The minimum Gasteiger partial charge on any atom is -0.497 e. The molecule has 1 N–H and O–H groups in total. The van der Waals surface area contributed by atoms with Crippen molar-refractivity contribution in [2.24, 2.45) is 0 Å². The third kappa shape index (κ3) is 5.68. The molecule has 1 heterocycles. The summed E-state index contributed by atoms with van der Waals surface area (Å²) in [6.07, 6.45) is 7.03. The second kappa shape index (κ2) is 9.71. The van der Waals surface area contributed by atoms with Gasteiger partial charge in [-0.15, -0.1) is 0 Å². The Morgan fingerprint density at radius 2 is 1.72 bits per heavy atom. The fraction of sp³-hybridized carbons (Fsp3) is 0.318. The number of hydrogen-bond donors (Lipinski definition) is 1. The minimum absolute atomic E-state index is 0.278. The maximum atomic E-state index is 12.8. The summed E-state index contributed by atoms with van der Waals surface area (Å²) < 4.78 is 32.3. The summed E-state index contributed by atoms with van der Waals surface area (Å²) in [7, 11) is -1.90. The van der Waals surface area contributed by atoms with Crippen LogP contribution in [0.5, 0.6) is 5.75 Å². The molecule has 1 aliphatic rings. The monoisotopic (exact) mass is 414 g/mol. The highest BCUT2D eigenvalue weighted by Crippen LogP contribution is 2.21. The topological polar surface area (TPSA) is 75.7 Å². The highest BCUT2D eigenvalue weighted by molar-refractivity contribution is 7.89. The summed E-state index contributed by atoms with van der Waals surface area (Å²) in [4.78, 5) is 12.4. The van der Waals surface area contributed by atoms with Crippen molar-refractivity contribution in [1.29, 1.82) is 0 Å². The lowest BCUT2D eigenvalue weighted by Crippen LogP contribution is -2.31. The van der Waals surface area contributed by atoms with Gasteiger partial charge in [0.1, 0.15) is 5.75 Å². The molecule has 0 saturated carbocycles. The van der Waals surface area contributed by atoms with Crippen molar-refractivity contribution in [2.45, 2.75) is 30.6 Å². The van der Waals surface area contributed by atoms with Crippen LogP contribution in [0.4, 0.5) is 5.69 Å². The molecular formula is C22H26N2O4S. The third-order valence-electron chi connectivity index (χ3n) is 4.85. The lowest BCUT2D eigenvalue weighted by atomic mass is 10.2. The van der Waals surface area contributed by atoms with Gasteiger partial charge in [-0.3, -0.25) is 4.79 Å². The number of nitrogens with zero attached hydrogens (tertiary/aromatic N) is 1. The second-order valence-corrected chi connectivity index (χ2v) is 8.88. The lowest BCUT2D eigenvalue weighted by Gasteiger charge is -2.19. The number of hydrogen-bond acceptors (Lipinski definition) is 4. The van der Waals surface area contributed by atoms with Crippen LogP contribution in [0.3, 0.4) is 0 Å². The maximum absolute atomic E-state index is 12.8. The molecule has 1 aliphatic heterocycles. The van der Waals surface area contributed by atoms with Crippen LogP contribution >= 0.6 is 0 Å². The largest absolute Gasteiger partial charge is 0.497 e. The van der Waals surface area contributed by atoms with E-state index in [1.807, 2.05) is 0 Å². The zero-order valence-corrected chi connectivity index (χ0v) is 17.3. The summed E-state index contributed by atoms with van der Waals surface area (Å²) in [5, 5.41) is 2.76. The van der Waals surface area contributed by atoms with Gasteiger partial charge in [0.15, 0.2) is 0 Å². The van der Waals surface area contributed by atoms with E-state index in [9.17, 15) is 13.2 Å². The minimum atomic E-state index is -3.46. The first-order valence-corrected chi connectivity index (χ1v) is 11.2. The van der Waals surface area contributed by atoms with Gasteiger partial charge in [-0.2, -0.15) is 4.31 Å². The average Bonchev–Trinajstić information content (AvgIpc) is 3.03. The van der Waals surface area contributed by atoms with Gasteiger partial charge in [-0.05, 0) is 48.7 Å². The number of ether oxygens (including phenoxy) is 1. The van der Waals surface area contributed by atoms with Crippen molar-refractivity contribution in [3.05, 3.63) is 60.2 Å². The molecule has 0 unspecified atom stereocenters. The Hall–Kier alpha value is -2.64. The fourth-order valence-corrected chi connectivity index (χ4v) is 4.76.